The van der Waals surface area contributed by atoms with Crippen molar-refractivity contribution in [2.45, 2.75) is 9.79 Å². The maximum Gasteiger partial charge on any atom is 0.272 e. The predicted molar refractivity (Wildman–Crippen MR) is 90.3 cm³/mol. The highest BCUT2D eigenvalue weighted by Gasteiger charge is 2.35. The first kappa shape index (κ1) is 16.8. The quantitative estimate of drug-likeness (QED) is 0.435. The third kappa shape index (κ3) is 2.46. The van der Waals surface area contributed by atoms with Crippen molar-refractivity contribution < 1.29 is 18.3 Å². The topological polar surface area (TPSA) is 132 Å². The van der Waals surface area contributed by atoms with E-state index >= 15 is 0 Å². The van der Waals surface area contributed by atoms with Gasteiger partial charge in [0.15, 0.2) is 0 Å². The minimum absolute atomic E-state index is 0.127. The van der Waals surface area contributed by atoms with Crippen LogP contribution in [-0.2, 0) is 9.84 Å². The molecule has 1 heterocycles. The number of anilines is 2. The van der Waals surface area contributed by atoms with Gasteiger partial charge in [-0.05, 0) is 31.9 Å². The Bertz CT molecular complexity index is 962. The first-order chi connectivity index (χ1) is 11.1. The molecule has 1 aliphatic rings. The van der Waals surface area contributed by atoms with E-state index in [2.05, 4.69) is 37.2 Å². The number of hydrogen-bond donors (Lipinski definition) is 1. The molecular weight excluding hydrogens is 474 g/mol. The normalized spacial score (nSPS) is 14.2. The molecular formula is C12H5Br2N3O6S. The highest BCUT2D eigenvalue weighted by Crippen LogP contribution is 2.48. The van der Waals surface area contributed by atoms with Crippen molar-refractivity contribution in [3.8, 4) is 0 Å². The van der Waals surface area contributed by atoms with Gasteiger partial charge in [-0.1, -0.05) is 0 Å². The summed E-state index contributed by atoms with van der Waals surface area (Å²) in [7, 11) is -4.19. The third-order valence-corrected chi connectivity index (χ3v) is 6.38. The summed E-state index contributed by atoms with van der Waals surface area (Å²) in [6.45, 7) is 0. The molecule has 0 bridgehead atoms. The minimum atomic E-state index is -4.19. The Morgan fingerprint density at radius 1 is 0.833 bits per heavy atom. The Labute approximate surface area is 151 Å². The molecule has 0 aliphatic carbocycles. The summed E-state index contributed by atoms with van der Waals surface area (Å²) in [4.78, 5) is 19.8. The molecule has 124 valence electrons. The molecule has 0 unspecified atom stereocenters. The summed E-state index contributed by atoms with van der Waals surface area (Å²) in [6, 6.07) is 4.17. The fourth-order valence-electron chi connectivity index (χ4n) is 2.26. The van der Waals surface area contributed by atoms with Crippen molar-refractivity contribution in [3.63, 3.8) is 0 Å². The molecule has 0 amide bonds. The lowest BCUT2D eigenvalue weighted by Crippen LogP contribution is -2.15. The van der Waals surface area contributed by atoms with Crippen molar-refractivity contribution in [2.24, 2.45) is 0 Å². The fraction of sp³-hybridized carbons (Fsp3) is 0. The molecule has 12 heteroatoms. The molecule has 2 aromatic carbocycles. The maximum atomic E-state index is 12.8. The monoisotopic (exact) mass is 477 g/mol. The lowest BCUT2D eigenvalue weighted by molar-refractivity contribution is -0.385. The Balaban J connectivity index is 2.36. The second kappa shape index (κ2) is 5.50. The van der Waals surface area contributed by atoms with Crippen molar-refractivity contribution in [2.75, 3.05) is 5.32 Å². The second-order valence-corrected chi connectivity index (χ2v) is 8.34. The van der Waals surface area contributed by atoms with E-state index in [9.17, 15) is 28.6 Å². The molecule has 24 heavy (non-hydrogen) atoms. The molecule has 0 spiro atoms. The highest BCUT2D eigenvalue weighted by atomic mass is 79.9. The van der Waals surface area contributed by atoms with E-state index in [1.54, 1.807) is 0 Å². The largest absolute Gasteiger partial charge is 0.352 e. The first-order valence-electron chi connectivity index (χ1n) is 6.11. The van der Waals surface area contributed by atoms with Gasteiger partial charge in [0.05, 0.1) is 21.2 Å². The van der Waals surface area contributed by atoms with Crippen molar-refractivity contribution in [1.29, 1.82) is 0 Å². The van der Waals surface area contributed by atoms with Crippen molar-refractivity contribution in [3.05, 3.63) is 53.4 Å². The van der Waals surface area contributed by atoms with Gasteiger partial charge in [0.2, 0.25) is 9.84 Å². The molecule has 2 aromatic rings. The van der Waals surface area contributed by atoms with Gasteiger partial charge in [-0.25, -0.2) is 8.42 Å². The van der Waals surface area contributed by atoms with E-state index in [0.29, 0.717) is 0 Å². The van der Waals surface area contributed by atoms with Gasteiger partial charge in [0.1, 0.15) is 9.79 Å². The highest BCUT2D eigenvalue weighted by molar-refractivity contribution is 9.11. The molecule has 1 N–H and O–H groups in total. The minimum Gasteiger partial charge on any atom is -0.352 e. The van der Waals surface area contributed by atoms with Gasteiger partial charge in [0.25, 0.3) is 11.4 Å². The lowest BCUT2D eigenvalue weighted by atomic mass is 10.2. The van der Waals surface area contributed by atoms with Gasteiger partial charge in [-0.3, -0.25) is 20.2 Å². The molecule has 0 saturated carbocycles. The summed E-state index contributed by atoms with van der Waals surface area (Å²) in [6.07, 6.45) is 0. The standard InChI is InChI=1S/C12H5Br2N3O6S/c13-7-1-5(16(18)19)3-9-11(7)15-12-8(14)2-6(17(20)21)4-10(12)24(9,22)23/h1-4,15H. The Morgan fingerprint density at radius 2 is 1.21 bits per heavy atom. The van der Waals surface area contributed by atoms with Crippen LogP contribution >= 0.6 is 31.9 Å². The average Bonchev–Trinajstić information content (AvgIpc) is 2.48. The number of nitrogens with zero attached hydrogens (tertiary/aromatic N) is 2. The van der Waals surface area contributed by atoms with Crippen molar-refractivity contribution in [1.82, 2.24) is 0 Å². The predicted octanol–water partition coefficient (Wildman–Crippen LogP) is 3.92. The van der Waals surface area contributed by atoms with Crippen molar-refractivity contribution >= 4 is 64.4 Å². The summed E-state index contributed by atoms with van der Waals surface area (Å²) >= 11 is 6.22. The number of sulfone groups is 1. The molecule has 3 rings (SSSR count). The number of nitro benzene ring substituents is 2. The number of nitrogens with one attached hydrogen (secondary N) is 1. The van der Waals surface area contributed by atoms with Crippen LogP contribution in [0.3, 0.4) is 0 Å². The summed E-state index contributed by atoms with van der Waals surface area (Å²) in [5.74, 6) is 0. The molecule has 9 nitrogen and oxygen atoms in total. The zero-order valence-corrected chi connectivity index (χ0v) is 15.3. The van der Waals surface area contributed by atoms with Crippen LogP contribution in [0.4, 0.5) is 22.7 Å². The van der Waals surface area contributed by atoms with E-state index in [4.69, 9.17) is 0 Å². The van der Waals surface area contributed by atoms with E-state index in [1.165, 1.54) is 12.1 Å². The van der Waals surface area contributed by atoms with Gasteiger partial charge >= 0.3 is 0 Å². The number of nitro groups is 2. The van der Waals surface area contributed by atoms with Crippen LogP contribution in [0.1, 0.15) is 0 Å². The molecule has 0 saturated heterocycles. The van der Waals surface area contributed by atoms with Crippen LogP contribution in [0.5, 0.6) is 0 Å². The van der Waals surface area contributed by atoms with Gasteiger partial charge in [0, 0.05) is 33.2 Å². The second-order valence-electron chi connectivity index (χ2n) is 4.74. The number of benzene rings is 2. The van der Waals surface area contributed by atoms with E-state index < -0.39 is 31.1 Å². The van der Waals surface area contributed by atoms with E-state index in [-0.39, 0.29) is 30.1 Å². The first-order valence-corrected chi connectivity index (χ1v) is 9.18. The Morgan fingerprint density at radius 3 is 1.54 bits per heavy atom. The average molecular weight is 479 g/mol. The SMILES string of the molecule is O=[N+]([O-])c1cc(Br)c2c(c1)S(=O)(=O)c1cc([N+](=O)[O-])cc(Br)c1N2. The number of hydrogen-bond acceptors (Lipinski definition) is 7. The van der Waals surface area contributed by atoms with Crippen LogP contribution in [0.25, 0.3) is 0 Å². The van der Waals surface area contributed by atoms with Crippen LogP contribution in [0.2, 0.25) is 0 Å². The summed E-state index contributed by atoms with van der Waals surface area (Å²) < 4.78 is 26.0. The summed E-state index contributed by atoms with van der Waals surface area (Å²) in [5, 5.41) is 24.8. The molecule has 1 aliphatic heterocycles. The van der Waals surface area contributed by atoms with E-state index in [1.807, 2.05) is 0 Å². The zero-order valence-electron chi connectivity index (χ0n) is 11.3. The van der Waals surface area contributed by atoms with Gasteiger partial charge in [-0.15, -0.1) is 0 Å². The molecule has 0 radical (unpaired) electrons. The molecule has 0 fully saturated rings. The fourth-order valence-corrected chi connectivity index (χ4v) is 5.26. The van der Waals surface area contributed by atoms with Gasteiger partial charge < -0.3 is 5.32 Å². The number of rotatable bonds is 2. The summed E-state index contributed by atoms with van der Waals surface area (Å²) in [5.41, 5.74) is -0.580. The molecule has 0 atom stereocenters. The lowest BCUT2D eigenvalue weighted by Gasteiger charge is -2.23. The number of non-ortho nitro benzene ring substituents is 2. The van der Waals surface area contributed by atoms with Gasteiger partial charge in [-0.2, -0.15) is 0 Å². The smallest absolute Gasteiger partial charge is 0.272 e. The van der Waals surface area contributed by atoms with Crippen LogP contribution in [-0.4, -0.2) is 18.3 Å². The zero-order chi connectivity index (χ0) is 17.8. The number of fused-ring (bicyclic) bond motifs is 2. The number of halogens is 2. The van der Waals surface area contributed by atoms with Crippen LogP contribution in [0.15, 0.2) is 43.0 Å². The maximum absolute atomic E-state index is 12.8. The Kier molecular flexibility index (Phi) is 3.85. The Hall–Kier alpha value is -2.05. The third-order valence-electron chi connectivity index (χ3n) is 3.33. The van der Waals surface area contributed by atoms with E-state index in [0.717, 1.165) is 12.1 Å². The van der Waals surface area contributed by atoms with Crippen LogP contribution in [0, 0.1) is 20.2 Å². The molecule has 0 aromatic heterocycles. The van der Waals surface area contributed by atoms with Crippen LogP contribution < -0.4 is 5.32 Å².